The van der Waals surface area contributed by atoms with Gasteiger partial charge < -0.3 is 9.80 Å². The van der Waals surface area contributed by atoms with Crippen molar-refractivity contribution >= 4 is 44.2 Å². The molecule has 1 aliphatic rings. The van der Waals surface area contributed by atoms with Crippen LogP contribution in [0.15, 0.2) is 12.1 Å². The van der Waals surface area contributed by atoms with Gasteiger partial charge >= 0.3 is 0 Å². The van der Waals surface area contributed by atoms with Crippen LogP contribution in [0.5, 0.6) is 0 Å². The van der Waals surface area contributed by atoms with E-state index in [-0.39, 0.29) is 5.91 Å². The van der Waals surface area contributed by atoms with Gasteiger partial charge in [0.05, 0.1) is 15.2 Å². The Balaban J connectivity index is 1.78. The maximum atomic E-state index is 11.5. The van der Waals surface area contributed by atoms with Gasteiger partial charge in [-0.05, 0) is 31.4 Å². The molecule has 6 heteroatoms. The summed E-state index contributed by atoms with van der Waals surface area (Å²) in [6.45, 7) is 5.55. The average molecular weight is 338 g/mol. The third-order valence-electron chi connectivity index (χ3n) is 4.47. The fourth-order valence-corrected chi connectivity index (χ4v) is 4.30. The van der Waals surface area contributed by atoms with Crippen LogP contribution in [0.3, 0.4) is 0 Å². The first-order valence-electron chi connectivity index (χ1n) is 7.51. The largest absolute Gasteiger partial charge is 0.348 e. The van der Waals surface area contributed by atoms with Crippen LogP contribution >= 0.6 is 22.9 Å². The molecular weight excluding hydrogens is 318 g/mol. The number of nitrogens with zero attached hydrogens (tertiary/aromatic N) is 3. The van der Waals surface area contributed by atoms with Gasteiger partial charge in [0.2, 0.25) is 5.91 Å². The highest BCUT2D eigenvalue weighted by atomic mass is 35.5. The molecule has 0 N–H and O–H groups in total. The molecule has 0 spiro atoms. The van der Waals surface area contributed by atoms with Gasteiger partial charge in [0.1, 0.15) is 0 Å². The summed E-state index contributed by atoms with van der Waals surface area (Å²) < 4.78 is 1.07. The number of carbonyl (C=O) groups is 1. The molecule has 0 bridgehead atoms. The number of benzene rings is 1. The number of aromatic nitrogens is 1. The molecule has 1 aliphatic heterocycles. The number of rotatable bonds is 2. The molecule has 4 nitrogen and oxygen atoms in total. The highest BCUT2D eigenvalue weighted by Gasteiger charge is 2.25. The van der Waals surface area contributed by atoms with Gasteiger partial charge in [-0.25, -0.2) is 4.98 Å². The van der Waals surface area contributed by atoms with Crippen LogP contribution in [-0.4, -0.2) is 42.0 Å². The van der Waals surface area contributed by atoms with Crippen LogP contribution in [0, 0.1) is 6.92 Å². The third-order valence-corrected chi connectivity index (χ3v) is 6.04. The second-order valence-electron chi connectivity index (χ2n) is 5.89. The van der Waals surface area contributed by atoms with Crippen molar-refractivity contribution in [3.8, 4) is 0 Å². The molecule has 22 heavy (non-hydrogen) atoms. The van der Waals surface area contributed by atoms with E-state index in [0.29, 0.717) is 6.04 Å². The van der Waals surface area contributed by atoms with Gasteiger partial charge in [-0.15, -0.1) is 0 Å². The minimum absolute atomic E-state index is 0.140. The van der Waals surface area contributed by atoms with Crippen molar-refractivity contribution in [2.45, 2.75) is 32.7 Å². The van der Waals surface area contributed by atoms with Crippen molar-refractivity contribution < 1.29 is 4.79 Å². The molecule has 0 atom stereocenters. The second kappa shape index (κ2) is 6.05. The summed E-state index contributed by atoms with van der Waals surface area (Å²) in [5.41, 5.74) is 2.17. The minimum Gasteiger partial charge on any atom is -0.348 e. The predicted molar refractivity (Wildman–Crippen MR) is 93.0 cm³/mol. The van der Waals surface area contributed by atoms with Crippen molar-refractivity contribution in [3.63, 3.8) is 0 Å². The zero-order valence-electron chi connectivity index (χ0n) is 13.1. The monoisotopic (exact) mass is 337 g/mol. The number of anilines is 1. The van der Waals surface area contributed by atoms with Crippen LogP contribution in [0.4, 0.5) is 5.13 Å². The SMILES string of the molecule is CC(=O)N(C)C1CCN(c2nc3c(C)ccc(Cl)c3s2)CC1. The number of aryl methyl sites for hydroxylation is 1. The number of thiazole rings is 1. The van der Waals surface area contributed by atoms with E-state index < -0.39 is 0 Å². The molecule has 0 radical (unpaired) electrons. The van der Waals surface area contributed by atoms with E-state index in [1.54, 1.807) is 18.3 Å². The summed E-state index contributed by atoms with van der Waals surface area (Å²) in [6, 6.07) is 4.30. The molecule has 2 heterocycles. The Morgan fingerprint density at radius 3 is 2.68 bits per heavy atom. The summed E-state index contributed by atoms with van der Waals surface area (Å²) in [4.78, 5) is 20.4. The molecule has 2 aromatic rings. The molecule has 0 saturated carbocycles. The minimum atomic E-state index is 0.140. The lowest BCUT2D eigenvalue weighted by atomic mass is 10.0. The maximum Gasteiger partial charge on any atom is 0.219 e. The maximum absolute atomic E-state index is 11.5. The number of hydrogen-bond donors (Lipinski definition) is 0. The molecule has 1 fully saturated rings. The quantitative estimate of drug-likeness (QED) is 0.838. The Kier molecular flexibility index (Phi) is 4.28. The normalized spacial score (nSPS) is 16.3. The van der Waals surface area contributed by atoms with E-state index in [2.05, 4.69) is 11.8 Å². The van der Waals surface area contributed by atoms with Crippen LogP contribution in [0.2, 0.25) is 5.02 Å². The number of halogens is 1. The van der Waals surface area contributed by atoms with Crippen LogP contribution < -0.4 is 4.90 Å². The zero-order chi connectivity index (χ0) is 15.9. The van der Waals surface area contributed by atoms with E-state index in [1.807, 2.05) is 24.1 Å². The van der Waals surface area contributed by atoms with Gasteiger partial charge in [0.15, 0.2) is 5.13 Å². The van der Waals surface area contributed by atoms with Gasteiger partial charge in [-0.1, -0.05) is 29.0 Å². The molecule has 0 unspecified atom stereocenters. The van der Waals surface area contributed by atoms with Crippen molar-refractivity contribution in [1.82, 2.24) is 9.88 Å². The zero-order valence-corrected chi connectivity index (χ0v) is 14.7. The van der Waals surface area contributed by atoms with Crippen molar-refractivity contribution in [3.05, 3.63) is 22.7 Å². The Hall–Kier alpha value is -1.33. The topological polar surface area (TPSA) is 36.4 Å². The van der Waals surface area contributed by atoms with Crippen molar-refractivity contribution in [2.24, 2.45) is 0 Å². The lowest BCUT2D eigenvalue weighted by molar-refractivity contribution is -0.129. The molecule has 3 rings (SSSR count). The number of carbonyl (C=O) groups excluding carboxylic acids is 1. The lowest BCUT2D eigenvalue weighted by Gasteiger charge is -2.36. The van der Waals surface area contributed by atoms with Crippen LogP contribution in [0.1, 0.15) is 25.3 Å². The predicted octanol–water partition coefficient (Wildman–Crippen LogP) is 3.71. The molecule has 1 aromatic carbocycles. The Bertz CT molecular complexity index is 668. The molecule has 1 saturated heterocycles. The highest BCUT2D eigenvalue weighted by Crippen LogP contribution is 2.36. The molecule has 0 aliphatic carbocycles. The lowest BCUT2D eigenvalue weighted by Crippen LogP contribution is -2.45. The summed E-state index contributed by atoms with van der Waals surface area (Å²) in [5.74, 6) is 0.140. The van der Waals surface area contributed by atoms with Gasteiger partial charge in [0.25, 0.3) is 0 Å². The Morgan fingerprint density at radius 2 is 2.09 bits per heavy atom. The first kappa shape index (κ1) is 15.6. The summed E-state index contributed by atoms with van der Waals surface area (Å²) in [5, 5.41) is 1.81. The van der Waals surface area contributed by atoms with Crippen molar-refractivity contribution in [1.29, 1.82) is 0 Å². The van der Waals surface area contributed by atoms with E-state index in [4.69, 9.17) is 16.6 Å². The molecule has 1 aromatic heterocycles. The molecule has 118 valence electrons. The van der Waals surface area contributed by atoms with E-state index in [9.17, 15) is 4.79 Å². The van der Waals surface area contributed by atoms with Crippen molar-refractivity contribution in [2.75, 3.05) is 25.0 Å². The number of fused-ring (bicyclic) bond motifs is 1. The average Bonchev–Trinajstić information content (AvgIpc) is 2.97. The number of piperidine rings is 1. The summed E-state index contributed by atoms with van der Waals surface area (Å²) in [6.07, 6.45) is 1.97. The van der Waals surface area contributed by atoms with Gasteiger partial charge in [-0.2, -0.15) is 0 Å². The fraction of sp³-hybridized carbons (Fsp3) is 0.500. The first-order chi connectivity index (χ1) is 10.5. The standard InChI is InChI=1S/C16H20ClN3OS/c1-10-4-5-13(17)15-14(10)18-16(22-15)20-8-6-12(7-9-20)19(3)11(2)21/h4-5,12H,6-9H2,1-3H3. The van der Waals surface area contributed by atoms with E-state index in [1.165, 1.54) is 0 Å². The number of hydrogen-bond acceptors (Lipinski definition) is 4. The molecule has 1 amide bonds. The fourth-order valence-electron chi connectivity index (χ4n) is 2.93. The Labute approximate surface area is 139 Å². The number of amides is 1. The van der Waals surface area contributed by atoms with E-state index in [0.717, 1.165) is 51.9 Å². The van der Waals surface area contributed by atoms with E-state index >= 15 is 0 Å². The second-order valence-corrected chi connectivity index (χ2v) is 7.27. The summed E-state index contributed by atoms with van der Waals surface area (Å²) in [7, 11) is 1.89. The van der Waals surface area contributed by atoms with Gasteiger partial charge in [-0.3, -0.25) is 4.79 Å². The smallest absolute Gasteiger partial charge is 0.219 e. The highest BCUT2D eigenvalue weighted by molar-refractivity contribution is 7.22. The van der Waals surface area contributed by atoms with Gasteiger partial charge in [0, 0.05) is 33.1 Å². The third kappa shape index (κ3) is 2.79. The Morgan fingerprint density at radius 1 is 1.41 bits per heavy atom. The van der Waals surface area contributed by atoms with Crippen LogP contribution in [-0.2, 0) is 4.79 Å². The molecular formula is C16H20ClN3OS. The first-order valence-corrected chi connectivity index (χ1v) is 8.71. The summed E-state index contributed by atoms with van der Waals surface area (Å²) >= 11 is 7.95. The van der Waals surface area contributed by atoms with Crippen LogP contribution in [0.25, 0.3) is 10.2 Å².